The van der Waals surface area contributed by atoms with Crippen molar-refractivity contribution in [3.8, 4) is 5.75 Å². The maximum Gasteiger partial charge on any atom is 0.144 e. The summed E-state index contributed by atoms with van der Waals surface area (Å²) in [5, 5.41) is 6.66. The van der Waals surface area contributed by atoms with Crippen LogP contribution in [-0.4, -0.2) is 19.2 Å². The molecule has 0 saturated carbocycles. The normalized spacial score (nSPS) is 18.7. The highest BCUT2D eigenvalue weighted by Crippen LogP contribution is 2.32. The van der Waals surface area contributed by atoms with Gasteiger partial charge in [-0.2, -0.15) is 0 Å². The van der Waals surface area contributed by atoms with Crippen molar-refractivity contribution in [3.05, 3.63) is 18.2 Å². The molecular formula is C12H18N2O. The Labute approximate surface area is 90.8 Å². The van der Waals surface area contributed by atoms with Crippen molar-refractivity contribution in [1.29, 1.82) is 0 Å². The molecule has 0 aromatic heterocycles. The van der Waals surface area contributed by atoms with Crippen LogP contribution in [0.3, 0.4) is 0 Å². The van der Waals surface area contributed by atoms with Gasteiger partial charge in [0.2, 0.25) is 0 Å². The van der Waals surface area contributed by atoms with E-state index in [2.05, 4.69) is 42.7 Å². The molecule has 2 rings (SSSR count). The maximum atomic E-state index is 5.87. The van der Waals surface area contributed by atoms with E-state index < -0.39 is 0 Å². The number of hydrogen-bond acceptors (Lipinski definition) is 3. The number of nitrogens with one attached hydrogen (secondary N) is 2. The average Bonchev–Trinajstić information content (AvgIpc) is 2.28. The van der Waals surface area contributed by atoms with Gasteiger partial charge in [-0.15, -0.1) is 0 Å². The van der Waals surface area contributed by atoms with Crippen molar-refractivity contribution in [2.24, 2.45) is 0 Å². The highest BCUT2D eigenvalue weighted by molar-refractivity contribution is 5.64. The molecule has 15 heavy (non-hydrogen) atoms. The molecule has 1 aromatic rings. The molecule has 82 valence electrons. The van der Waals surface area contributed by atoms with Gasteiger partial charge in [-0.1, -0.05) is 6.92 Å². The average molecular weight is 206 g/mol. The Hall–Kier alpha value is -1.38. The smallest absolute Gasteiger partial charge is 0.144 e. The van der Waals surface area contributed by atoms with Gasteiger partial charge in [0.1, 0.15) is 11.9 Å². The fourth-order valence-corrected chi connectivity index (χ4v) is 1.75. The van der Waals surface area contributed by atoms with Crippen molar-refractivity contribution in [3.63, 3.8) is 0 Å². The van der Waals surface area contributed by atoms with Crippen LogP contribution in [0.5, 0.6) is 5.75 Å². The Kier molecular flexibility index (Phi) is 2.99. The minimum Gasteiger partial charge on any atom is -0.486 e. The third kappa shape index (κ3) is 2.17. The van der Waals surface area contributed by atoms with Crippen LogP contribution in [-0.2, 0) is 0 Å². The Morgan fingerprint density at radius 3 is 3.07 bits per heavy atom. The lowest BCUT2D eigenvalue weighted by Gasteiger charge is -2.27. The van der Waals surface area contributed by atoms with E-state index in [1.165, 1.54) is 0 Å². The first-order valence-corrected chi connectivity index (χ1v) is 5.62. The van der Waals surface area contributed by atoms with Gasteiger partial charge in [-0.05, 0) is 25.5 Å². The summed E-state index contributed by atoms with van der Waals surface area (Å²) >= 11 is 0. The van der Waals surface area contributed by atoms with Crippen LogP contribution in [0, 0.1) is 0 Å². The SMILES string of the molecule is CCNc1ccc2c(c1)OC(CC)CN2. The summed E-state index contributed by atoms with van der Waals surface area (Å²) in [6, 6.07) is 6.21. The molecule has 1 atom stereocenters. The highest BCUT2D eigenvalue weighted by atomic mass is 16.5. The van der Waals surface area contributed by atoms with Crippen LogP contribution in [0.2, 0.25) is 0 Å². The van der Waals surface area contributed by atoms with Crippen molar-refractivity contribution in [1.82, 2.24) is 0 Å². The summed E-state index contributed by atoms with van der Waals surface area (Å²) in [6.45, 7) is 6.08. The van der Waals surface area contributed by atoms with E-state index >= 15 is 0 Å². The molecule has 3 nitrogen and oxygen atoms in total. The standard InChI is InChI=1S/C12H18N2O/c1-3-10-8-14-11-6-5-9(13-4-2)7-12(11)15-10/h5-7,10,13-14H,3-4,8H2,1-2H3. The van der Waals surface area contributed by atoms with E-state index in [0.29, 0.717) is 6.10 Å². The van der Waals surface area contributed by atoms with E-state index in [1.54, 1.807) is 0 Å². The molecule has 0 spiro atoms. The Balaban J connectivity index is 2.19. The zero-order valence-electron chi connectivity index (χ0n) is 9.34. The molecule has 0 radical (unpaired) electrons. The van der Waals surface area contributed by atoms with Gasteiger partial charge in [-0.25, -0.2) is 0 Å². The number of hydrogen-bond donors (Lipinski definition) is 2. The van der Waals surface area contributed by atoms with Crippen LogP contribution in [0.4, 0.5) is 11.4 Å². The first-order chi connectivity index (χ1) is 7.33. The van der Waals surface area contributed by atoms with Crippen LogP contribution < -0.4 is 15.4 Å². The van der Waals surface area contributed by atoms with Gasteiger partial charge in [0, 0.05) is 18.3 Å². The van der Waals surface area contributed by atoms with Crippen molar-refractivity contribution in [2.75, 3.05) is 23.7 Å². The number of fused-ring (bicyclic) bond motifs is 1. The first kappa shape index (κ1) is 10.1. The summed E-state index contributed by atoms with van der Waals surface area (Å²) in [7, 11) is 0. The highest BCUT2D eigenvalue weighted by Gasteiger charge is 2.17. The maximum absolute atomic E-state index is 5.87. The Bertz CT molecular complexity index is 338. The van der Waals surface area contributed by atoms with Gasteiger partial charge in [0.15, 0.2) is 0 Å². The van der Waals surface area contributed by atoms with Crippen LogP contribution in [0.1, 0.15) is 20.3 Å². The third-order valence-electron chi connectivity index (χ3n) is 2.63. The molecule has 0 amide bonds. The first-order valence-electron chi connectivity index (χ1n) is 5.62. The van der Waals surface area contributed by atoms with Crippen LogP contribution >= 0.6 is 0 Å². The third-order valence-corrected chi connectivity index (χ3v) is 2.63. The molecule has 3 heteroatoms. The molecule has 0 saturated heterocycles. The van der Waals surface area contributed by atoms with Crippen molar-refractivity contribution < 1.29 is 4.74 Å². The monoisotopic (exact) mass is 206 g/mol. The molecule has 1 aromatic carbocycles. The fourth-order valence-electron chi connectivity index (χ4n) is 1.75. The van der Waals surface area contributed by atoms with Crippen molar-refractivity contribution >= 4 is 11.4 Å². The second-order valence-electron chi connectivity index (χ2n) is 3.77. The zero-order chi connectivity index (χ0) is 10.7. The lowest BCUT2D eigenvalue weighted by Crippen LogP contribution is -2.29. The van der Waals surface area contributed by atoms with Gasteiger partial charge in [0.25, 0.3) is 0 Å². The lowest BCUT2D eigenvalue weighted by atomic mass is 10.2. The predicted molar refractivity (Wildman–Crippen MR) is 63.8 cm³/mol. The van der Waals surface area contributed by atoms with Crippen LogP contribution in [0.25, 0.3) is 0 Å². The van der Waals surface area contributed by atoms with E-state index in [0.717, 1.165) is 36.6 Å². The molecule has 0 bridgehead atoms. The topological polar surface area (TPSA) is 33.3 Å². The number of ether oxygens (including phenoxy) is 1. The summed E-state index contributed by atoms with van der Waals surface area (Å²) in [5.74, 6) is 0.964. The van der Waals surface area contributed by atoms with E-state index in [1.807, 2.05) is 0 Å². The minimum absolute atomic E-state index is 0.300. The molecule has 0 aliphatic carbocycles. The predicted octanol–water partition coefficient (Wildman–Crippen LogP) is 2.70. The van der Waals surface area contributed by atoms with E-state index in [4.69, 9.17) is 4.74 Å². The fraction of sp³-hybridized carbons (Fsp3) is 0.500. The lowest BCUT2D eigenvalue weighted by molar-refractivity contribution is 0.202. The summed E-state index contributed by atoms with van der Waals surface area (Å²) in [5.41, 5.74) is 2.22. The van der Waals surface area contributed by atoms with E-state index in [9.17, 15) is 0 Å². The number of anilines is 2. The molecule has 1 unspecified atom stereocenters. The van der Waals surface area contributed by atoms with Gasteiger partial charge in [-0.3, -0.25) is 0 Å². The zero-order valence-corrected chi connectivity index (χ0v) is 9.34. The Morgan fingerprint density at radius 1 is 1.47 bits per heavy atom. The minimum atomic E-state index is 0.300. The molecule has 1 aliphatic rings. The summed E-state index contributed by atoms with van der Waals surface area (Å²) < 4.78 is 5.87. The molecule has 2 N–H and O–H groups in total. The van der Waals surface area contributed by atoms with Gasteiger partial charge < -0.3 is 15.4 Å². The van der Waals surface area contributed by atoms with Crippen LogP contribution in [0.15, 0.2) is 18.2 Å². The molecule has 1 heterocycles. The van der Waals surface area contributed by atoms with E-state index in [-0.39, 0.29) is 0 Å². The quantitative estimate of drug-likeness (QED) is 0.797. The van der Waals surface area contributed by atoms with Gasteiger partial charge >= 0.3 is 0 Å². The molecule has 0 fully saturated rings. The molecular weight excluding hydrogens is 188 g/mol. The summed E-state index contributed by atoms with van der Waals surface area (Å²) in [4.78, 5) is 0. The van der Waals surface area contributed by atoms with Gasteiger partial charge in [0.05, 0.1) is 12.2 Å². The molecule has 1 aliphatic heterocycles. The number of benzene rings is 1. The second-order valence-corrected chi connectivity index (χ2v) is 3.77. The summed E-state index contributed by atoms with van der Waals surface area (Å²) in [6.07, 6.45) is 1.34. The van der Waals surface area contributed by atoms with Crippen molar-refractivity contribution in [2.45, 2.75) is 26.4 Å². The second kappa shape index (κ2) is 4.43. The largest absolute Gasteiger partial charge is 0.486 e. The Morgan fingerprint density at radius 2 is 2.33 bits per heavy atom. The number of rotatable bonds is 3.